The number of hydrogen-bond acceptors (Lipinski definition) is 5. The molecule has 2 N–H and O–H groups in total. The lowest BCUT2D eigenvalue weighted by Gasteiger charge is -2.30. The fraction of sp³-hybridized carbons (Fsp3) is 0.364. The number of carbonyl (C=O) groups excluding carboxylic acids is 2. The van der Waals surface area contributed by atoms with Gasteiger partial charge in [0.1, 0.15) is 5.75 Å². The van der Waals surface area contributed by atoms with E-state index in [9.17, 15) is 18.0 Å². The van der Waals surface area contributed by atoms with Gasteiger partial charge in [0, 0.05) is 25.6 Å². The molecular formula is C22H24ClN3O5S. The molecule has 170 valence electrons. The van der Waals surface area contributed by atoms with Crippen LogP contribution in [0.3, 0.4) is 0 Å². The third-order valence-corrected chi connectivity index (χ3v) is 8.04. The van der Waals surface area contributed by atoms with Crippen molar-refractivity contribution in [3.05, 3.63) is 53.1 Å². The van der Waals surface area contributed by atoms with Crippen molar-refractivity contribution in [2.24, 2.45) is 11.7 Å². The van der Waals surface area contributed by atoms with Gasteiger partial charge in [0.05, 0.1) is 15.6 Å². The lowest BCUT2D eigenvalue weighted by atomic mass is 9.96. The van der Waals surface area contributed by atoms with Crippen molar-refractivity contribution >= 4 is 39.1 Å². The van der Waals surface area contributed by atoms with Crippen LogP contribution < -0.4 is 14.8 Å². The third-order valence-electron chi connectivity index (χ3n) is 5.94. The summed E-state index contributed by atoms with van der Waals surface area (Å²) >= 11 is 6.28. The fourth-order valence-electron chi connectivity index (χ4n) is 4.09. The van der Waals surface area contributed by atoms with Crippen LogP contribution in [0.5, 0.6) is 5.75 Å². The molecule has 2 heterocycles. The molecule has 0 aliphatic carbocycles. The molecule has 2 aliphatic heterocycles. The lowest BCUT2D eigenvalue weighted by Crippen LogP contribution is -2.43. The van der Waals surface area contributed by atoms with Crippen molar-refractivity contribution in [2.75, 3.05) is 30.5 Å². The van der Waals surface area contributed by atoms with Gasteiger partial charge < -0.3 is 15.4 Å². The third kappa shape index (κ3) is 4.40. The first-order valence-electron chi connectivity index (χ1n) is 10.4. The van der Waals surface area contributed by atoms with E-state index in [2.05, 4.69) is 0 Å². The number of sulfonamides is 1. The number of nitrogens with zero attached hydrogens (tertiary/aromatic N) is 2. The van der Waals surface area contributed by atoms with Crippen LogP contribution in [-0.4, -0.2) is 51.4 Å². The second-order valence-electron chi connectivity index (χ2n) is 7.89. The SMILES string of the molecule is NC(=O)C1CCN(C(=O)COc2ccc(S(=O)(=O)N3CCc4ccccc43)cc2Cl)CC1. The minimum atomic E-state index is -3.77. The molecule has 1 fully saturated rings. The van der Waals surface area contributed by atoms with Gasteiger partial charge in [-0.05, 0) is 49.1 Å². The molecule has 0 atom stereocenters. The van der Waals surface area contributed by atoms with Crippen LogP contribution in [0.15, 0.2) is 47.4 Å². The first-order valence-corrected chi connectivity index (χ1v) is 12.2. The fourth-order valence-corrected chi connectivity index (χ4v) is 5.92. The summed E-state index contributed by atoms with van der Waals surface area (Å²) in [6.45, 7) is 1.03. The van der Waals surface area contributed by atoms with Gasteiger partial charge in [0.2, 0.25) is 5.91 Å². The minimum absolute atomic E-state index is 0.0615. The number of likely N-dealkylation sites (tertiary alicyclic amines) is 1. The Kier molecular flexibility index (Phi) is 6.30. The number of benzene rings is 2. The molecule has 1 saturated heterocycles. The van der Waals surface area contributed by atoms with E-state index >= 15 is 0 Å². The number of nitrogens with two attached hydrogens (primary N) is 1. The number of halogens is 1. The van der Waals surface area contributed by atoms with E-state index in [0.29, 0.717) is 44.6 Å². The maximum atomic E-state index is 13.1. The van der Waals surface area contributed by atoms with Gasteiger partial charge in [-0.15, -0.1) is 0 Å². The number of anilines is 1. The molecule has 0 saturated carbocycles. The molecule has 8 nitrogen and oxygen atoms in total. The van der Waals surface area contributed by atoms with E-state index in [1.807, 2.05) is 18.2 Å². The van der Waals surface area contributed by atoms with E-state index in [-0.39, 0.29) is 40.0 Å². The van der Waals surface area contributed by atoms with Gasteiger partial charge in [0.25, 0.3) is 15.9 Å². The molecule has 4 rings (SSSR count). The van der Waals surface area contributed by atoms with Crippen LogP contribution >= 0.6 is 11.6 Å². The molecule has 32 heavy (non-hydrogen) atoms. The van der Waals surface area contributed by atoms with Gasteiger partial charge in [-0.25, -0.2) is 8.42 Å². The molecule has 2 amide bonds. The second-order valence-corrected chi connectivity index (χ2v) is 10.2. The topological polar surface area (TPSA) is 110 Å². The molecule has 2 aromatic rings. The predicted octanol–water partition coefficient (Wildman–Crippen LogP) is 2.19. The molecular weight excluding hydrogens is 454 g/mol. The van der Waals surface area contributed by atoms with Gasteiger partial charge in [-0.2, -0.15) is 0 Å². The number of carbonyl (C=O) groups is 2. The quantitative estimate of drug-likeness (QED) is 0.685. The largest absolute Gasteiger partial charge is 0.482 e. The molecule has 0 spiro atoms. The normalized spacial score (nSPS) is 16.7. The maximum Gasteiger partial charge on any atom is 0.264 e. The Hall–Kier alpha value is -2.78. The molecule has 10 heteroatoms. The van der Waals surface area contributed by atoms with Crippen molar-refractivity contribution in [2.45, 2.75) is 24.2 Å². The van der Waals surface area contributed by atoms with Crippen LogP contribution in [-0.2, 0) is 26.0 Å². The van der Waals surface area contributed by atoms with E-state index in [0.717, 1.165) is 5.56 Å². The number of rotatable bonds is 6. The summed E-state index contributed by atoms with van der Waals surface area (Å²) in [6, 6.07) is 11.6. The number of hydrogen-bond donors (Lipinski definition) is 1. The van der Waals surface area contributed by atoms with E-state index in [1.54, 1.807) is 11.0 Å². The molecule has 2 aliphatic rings. The maximum absolute atomic E-state index is 13.1. The van der Waals surface area contributed by atoms with E-state index < -0.39 is 10.0 Å². The Labute approximate surface area is 191 Å². The highest BCUT2D eigenvalue weighted by Crippen LogP contribution is 2.35. The average Bonchev–Trinajstić information content (AvgIpc) is 3.23. The molecule has 2 aromatic carbocycles. The van der Waals surface area contributed by atoms with Gasteiger partial charge >= 0.3 is 0 Å². The number of piperidine rings is 1. The number of fused-ring (bicyclic) bond motifs is 1. The number of primary amides is 1. The van der Waals surface area contributed by atoms with Crippen molar-refractivity contribution in [3.8, 4) is 5.75 Å². The summed E-state index contributed by atoms with van der Waals surface area (Å²) < 4.78 is 33.2. The van der Waals surface area contributed by atoms with Crippen LogP contribution in [0.4, 0.5) is 5.69 Å². The van der Waals surface area contributed by atoms with Crippen molar-refractivity contribution < 1.29 is 22.7 Å². The predicted molar refractivity (Wildman–Crippen MR) is 120 cm³/mol. The highest BCUT2D eigenvalue weighted by molar-refractivity contribution is 7.92. The monoisotopic (exact) mass is 477 g/mol. The summed E-state index contributed by atoms with van der Waals surface area (Å²) in [5, 5.41) is 0.110. The van der Waals surface area contributed by atoms with Crippen molar-refractivity contribution in [1.29, 1.82) is 0 Å². The average molecular weight is 478 g/mol. The zero-order valence-corrected chi connectivity index (χ0v) is 18.9. The van der Waals surface area contributed by atoms with E-state index in [1.165, 1.54) is 22.5 Å². The van der Waals surface area contributed by atoms with Crippen molar-refractivity contribution in [3.63, 3.8) is 0 Å². The van der Waals surface area contributed by atoms with Crippen LogP contribution in [0.25, 0.3) is 0 Å². The molecule has 0 aromatic heterocycles. The highest BCUT2D eigenvalue weighted by atomic mass is 35.5. The summed E-state index contributed by atoms with van der Waals surface area (Å²) in [6.07, 6.45) is 1.73. The minimum Gasteiger partial charge on any atom is -0.482 e. The number of ether oxygens (including phenoxy) is 1. The second kappa shape index (κ2) is 8.99. The highest BCUT2D eigenvalue weighted by Gasteiger charge is 2.31. The number of amides is 2. The summed E-state index contributed by atoms with van der Waals surface area (Å²) in [4.78, 5) is 25.4. The number of para-hydroxylation sites is 1. The van der Waals surface area contributed by atoms with Gasteiger partial charge in [-0.3, -0.25) is 13.9 Å². The molecule has 0 radical (unpaired) electrons. The Morgan fingerprint density at radius 2 is 1.81 bits per heavy atom. The smallest absolute Gasteiger partial charge is 0.264 e. The molecule has 0 bridgehead atoms. The summed E-state index contributed by atoms with van der Waals surface area (Å²) in [5.41, 5.74) is 6.98. The Morgan fingerprint density at radius 1 is 1.09 bits per heavy atom. The van der Waals surface area contributed by atoms with Crippen LogP contribution in [0, 0.1) is 5.92 Å². The lowest BCUT2D eigenvalue weighted by molar-refractivity contribution is -0.136. The summed E-state index contributed by atoms with van der Waals surface area (Å²) in [7, 11) is -3.77. The van der Waals surface area contributed by atoms with E-state index in [4.69, 9.17) is 22.1 Å². The van der Waals surface area contributed by atoms with Gasteiger partial charge in [-0.1, -0.05) is 29.8 Å². The van der Waals surface area contributed by atoms with Crippen LogP contribution in [0.2, 0.25) is 5.02 Å². The Bertz CT molecular complexity index is 1150. The zero-order valence-electron chi connectivity index (χ0n) is 17.4. The summed E-state index contributed by atoms with van der Waals surface area (Å²) in [5.74, 6) is -0.541. The van der Waals surface area contributed by atoms with Gasteiger partial charge in [0.15, 0.2) is 6.61 Å². The Balaban J connectivity index is 1.41. The standard InChI is InChI=1S/C22H24ClN3O5S/c23-18-13-17(32(29,30)26-12-9-15-3-1-2-4-19(15)26)5-6-20(18)31-14-21(27)25-10-7-16(8-11-25)22(24)28/h1-6,13,16H,7-12,14H2,(H2,24,28). The Morgan fingerprint density at radius 3 is 2.50 bits per heavy atom. The first-order chi connectivity index (χ1) is 15.3. The van der Waals surface area contributed by atoms with Crippen molar-refractivity contribution in [1.82, 2.24) is 4.90 Å². The zero-order chi connectivity index (χ0) is 22.9. The first kappa shape index (κ1) is 22.4. The molecule has 0 unspecified atom stereocenters. The van der Waals surface area contributed by atoms with Crippen LogP contribution in [0.1, 0.15) is 18.4 Å².